The summed E-state index contributed by atoms with van der Waals surface area (Å²) in [6, 6.07) is 16.1. The van der Waals surface area contributed by atoms with Crippen molar-refractivity contribution in [2.24, 2.45) is 0 Å². The Bertz CT molecular complexity index is 884. The molecule has 0 saturated heterocycles. The van der Waals surface area contributed by atoms with Crippen LogP contribution in [0.1, 0.15) is 10.4 Å². The molecule has 6 nitrogen and oxygen atoms in total. The second-order valence-corrected chi connectivity index (χ2v) is 5.52. The molecule has 2 aromatic carbocycles. The summed E-state index contributed by atoms with van der Waals surface area (Å²) in [5.74, 6) is 0.731. The molecule has 2 N–H and O–H groups in total. The Morgan fingerprint density at radius 3 is 2.40 bits per heavy atom. The van der Waals surface area contributed by atoms with E-state index in [1.54, 1.807) is 36.4 Å². The lowest BCUT2D eigenvalue weighted by molar-refractivity contribution is 0.0602. The first kappa shape index (κ1) is 16.7. The molecule has 0 aliphatic heterocycles. The molecular weight excluding hydrogens is 340 g/mol. The van der Waals surface area contributed by atoms with Crippen molar-refractivity contribution in [2.45, 2.75) is 0 Å². The van der Waals surface area contributed by atoms with E-state index in [9.17, 15) is 4.79 Å². The first-order chi connectivity index (χ1) is 12.2. The number of hydrogen-bond donors (Lipinski definition) is 2. The van der Waals surface area contributed by atoms with Crippen LogP contribution in [0.2, 0.25) is 5.02 Å². The Balaban J connectivity index is 1.81. The summed E-state index contributed by atoms with van der Waals surface area (Å²) in [6.07, 6.45) is 1.43. The van der Waals surface area contributed by atoms with Crippen molar-refractivity contribution in [1.29, 1.82) is 0 Å². The maximum atomic E-state index is 11.8. The molecule has 0 aliphatic carbocycles. The number of halogens is 1. The first-order valence-corrected chi connectivity index (χ1v) is 7.82. The summed E-state index contributed by atoms with van der Waals surface area (Å²) in [6.45, 7) is 0. The van der Waals surface area contributed by atoms with Crippen molar-refractivity contribution in [3.8, 4) is 0 Å². The molecule has 126 valence electrons. The molecule has 3 aromatic rings. The van der Waals surface area contributed by atoms with Gasteiger partial charge in [0.05, 0.1) is 18.4 Å². The SMILES string of the molecule is COC(=O)c1ccccc1Nc1cc(Nc2ccc(Cl)cc2)ncn1. The van der Waals surface area contributed by atoms with E-state index in [1.165, 1.54) is 13.4 Å². The molecule has 1 heterocycles. The minimum Gasteiger partial charge on any atom is -0.465 e. The highest BCUT2D eigenvalue weighted by Gasteiger charge is 2.11. The van der Waals surface area contributed by atoms with Crippen molar-refractivity contribution < 1.29 is 9.53 Å². The lowest BCUT2D eigenvalue weighted by atomic mass is 10.2. The number of carbonyl (C=O) groups is 1. The van der Waals surface area contributed by atoms with Gasteiger partial charge in [-0.25, -0.2) is 14.8 Å². The zero-order valence-corrected chi connectivity index (χ0v) is 14.1. The van der Waals surface area contributed by atoms with Gasteiger partial charge in [-0.05, 0) is 36.4 Å². The van der Waals surface area contributed by atoms with Gasteiger partial charge in [0.1, 0.15) is 18.0 Å². The summed E-state index contributed by atoms with van der Waals surface area (Å²) in [4.78, 5) is 20.2. The number of ether oxygens (including phenoxy) is 1. The van der Waals surface area contributed by atoms with Crippen molar-refractivity contribution in [1.82, 2.24) is 9.97 Å². The van der Waals surface area contributed by atoms with Gasteiger partial charge in [0.25, 0.3) is 0 Å². The summed E-state index contributed by atoms with van der Waals surface area (Å²) in [5, 5.41) is 6.94. The molecule has 0 atom stereocenters. The standard InChI is InChI=1S/C18H15ClN4O2/c1-25-18(24)14-4-2-3-5-15(14)23-17-10-16(20-11-21-17)22-13-8-6-12(19)7-9-13/h2-11H,1H3,(H2,20,21,22,23). The third kappa shape index (κ3) is 4.24. The van der Waals surface area contributed by atoms with E-state index in [-0.39, 0.29) is 0 Å². The second kappa shape index (κ2) is 7.63. The normalized spacial score (nSPS) is 10.2. The minimum atomic E-state index is -0.420. The van der Waals surface area contributed by atoms with Gasteiger partial charge in [-0.2, -0.15) is 0 Å². The predicted octanol–water partition coefficient (Wildman–Crippen LogP) is 4.40. The Labute approximate surface area is 149 Å². The van der Waals surface area contributed by atoms with Gasteiger partial charge < -0.3 is 15.4 Å². The van der Waals surface area contributed by atoms with Crippen LogP contribution in [-0.4, -0.2) is 23.0 Å². The van der Waals surface area contributed by atoms with Crippen LogP contribution in [-0.2, 0) is 4.74 Å². The molecule has 0 radical (unpaired) electrons. The molecule has 1 aromatic heterocycles. The largest absolute Gasteiger partial charge is 0.465 e. The highest BCUT2D eigenvalue weighted by Crippen LogP contribution is 2.23. The summed E-state index contributed by atoms with van der Waals surface area (Å²) < 4.78 is 4.79. The number of aromatic nitrogens is 2. The van der Waals surface area contributed by atoms with Crippen molar-refractivity contribution in [2.75, 3.05) is 17.7 Å². The average Bonchev–Trinajstić information content (AvgIpc) is 2.64. The van der Waals surface area contributed by atoms with Gasteiger partial charge in [0.2, 0.25) is 0 Å². The van der Waals surface area contributed by atoms with Crippen molar-refractivity contribution in [3.63, 3.8) is 0 Å². The molecule has 25 heavy (non-hydrogen) atoms. The number of esters is 1. The maximum absolute atomic E-state index is 11.8. The van der Waals surface area contributed by atoms with Crippen LogP contribution in [0.5, 0.6) is 0 Å². The molecule has 0 spiro atoms. The highest BCUT2D eigenvalue weighted by atomic mass is 35.5. The van der Waals surface area contributed by atoms with E-state index in [4.69, 9.17) is 16.3 Å². The number of benzene rings is 2. The number of rotatable bonds is 5. The molecule has 3 rings (SSSR count). The monoisotopic (exact) mass is 354 g/mol. The number of para-hydroxylation sites is 1. The Morgan fingerprint density at radius 1 is 1.00 bits per heavy atom. The second-order valence-electron chi connectivity index (χ2n) is 5.08. The van der Waals surface area contributed by atoms with E-state index >= 15 is 0 Å². The highest BCUT2D eigenvalue weighted by molar-refractivity contribution is 6.30. The lowest BCUT2D eigenvalue weighted by Gasteiger charge is -2.11. The topological polar surface area (TPSA) is 76.1 Å². The fourth-order valence-electron chi connectivity index (χ4n) is 2.19. The van der Waals surface area contributed by atoms with Crippen LogP contribution in [0.3, 0.4) is 0 Å². The molecule has 7 heteroatoms. The van der Waals surface area contributed by atoms with Crippen LogP contribution in [0, 0.1) is 0 Å². The molecule has 0 saturated carbocycles. The van der Waals surface area contributed by atoms with Gasteiger partial charge in [0, 0.05) is 16.8 Å². The number of methoxy groups -OCH3 is 1. The molecule has 0 amide bonds. The summed E-state index contributed by atoms with van der Waals surface area (Å²) >= 11 is 5.88. The zero-order valence-electron chi connectivity index (χ0n) is 13.4. The van der Waals surface area contributed by atoms with E-state index in [0.29, 0.717) is 27.9 Å². The van der Waals surface area contributed by atoms with E-state index in [0.717, 1.165) is 5.69 Å². The Hall–Kier alpha value is -3.12. The number of carbonyl (C=O) groups excluding carboxylic acids is 1. The molecule has 0 fully saturated rings. The summed E-state index contributed by atoms with van der Waals surface area (Å²) in [5.41, 5.74) is 1.88. The quantitative estimate of drug-likeness (QED) is 0.661. The number of hydrogen-bond acceptors (Lipinski definition) is 6. The maximum Gasteiger partial charge on any atom is 0.339 e. The van der Waals surface area contributed by atoms with Crippen LogP contribution < -0.4 is 10.6 Å². The minimum absolute atomic E-state index is 0.420. The Kier molecular flexibility index (Phi) is 5.11. The zero-order chi connectivity index (χ0) is 17.6. The van der Waals surface area contributed by atoms with Crippen LogP contribution in [0.4, 0.5) is 23.0 Å². The van der Waals surface area contributed by atoms with E-state index in [2.05, 4.69) is 20.6 Å². The van der Waals surface area contributed by atoms with Crippen LogP contribution in [0.25, 0.3) is 0 Å². The molecule has 0 aliphatic rings. The van der Waals surface area contributed by atoms with Crippen LogP contribution in [0.15, 0.2) is 60.9 Å². The predicted molar refractivity (Wildman–Crippen MR) is 97.8 cm³/mol. The first-order valence-electron chi connectivity index (χ1n) is 7.45. The van der Waals surface area contributed by atoms with Gasteiger partial charge in [-0.1, -0.05) is 23.7 Å². The van der Waals surface area contributed by atoms with Gasteiger partial charge in [0.15, 0.2) is 0 Å². The third-order valence-electron chi connectivity index (χ3n) is 3.38. The summed E-state index contributed by atoms with van der Waals surface area (Å²) in [7, 11) is 1.35. The Morgan fingerprint density at radius 2 is 1.68 bits per heavy atom. The fraction of sp³-hybridized carbons (Fsp3) is 0.0556. The number of nitrogens with zero attached hydrogens (tertiary/aromatic N) is 2. The van der Waals surface area contributed by atoms with Crippen LogP contribution >= 0.6 is 11.6 Å². The van der Waals surface area contributed by atoms with Gasteiger partial charge >= 0.3 is 5.97 Å². The number of nitrogens with one attached hydrogen (secondary N) is 2. The van der Waals surface area contributed by atoms with E-state index in [1.807, 2.05) is 18.2 Å². The van der Waals surface area contributed by atoms with Crippen molar-refractivity contribution in [3.05, 3.63) is 71.5 Å². The van der Waals surface area contributed by atoms with E-state index < -0.39 is 5.97 Å². The third-order valence-corrected chi connectivity index (χ3v) is 3.63. The number of anilines is 4. The molecule has 0 bridgehead atoms. The molecular formula is C18H15ClN4O2. The molecule has 0 unspecified atom stereocenters. The van der Waals surface area contributed by atoms with Gasteiger partial charge in [-0.15, -0.1) is 0 Å². The average molecular weight is 355 g/mol. The smallest absolute Gasteiger partial charge is 0.339 e. The lowest BCUT2D eigenvalue weighted by Crippen LogP contribution is -2.06. The fourth-order valence-corrected chi connectivity index (χ4v) is 2.32. The van der Waals surface area contributed by atoms with Gasteiger partial charge in [-0.3, -0.25) is 0 Å². The van der Waals surface area contributed by atoms with Crippen molar-refractivity contribution >= 4 is 40.6 Å².